The maximum Gasteiger partial charge on any atom is 0.251 e. The van der Waals surface area contributed by atoms with Gasteiger partial charge in [-0.25, -0.2) is 0 Å². The molecule has 1 aromatic carbocycles. The second-order valence-electron chi connectivity index (χ2n) is 6.57. The summed E-state index contributed by atoms with van der Waals surface area (Å²) in [5, 5.41) is 12.8. The Morgan fingerprint density at radius 1 is 1.32 bits per heavy atom. The summed E-state index contributed by atoms with van der Waals surface area (Å²) in [7, 11) is 1.55. The zero-order chi connectivity index (χ0) is 20.4. The van der Waals surface area contributed by atoms with Crippen LogP contribution in [0.25, 0.3) is 10.9 Å². The maximum absolute atomic E-state index is 12.6. The second kappa shape index (κ2) is 7.61. The van der Waals surface area contributed by atoms with Gasteiger partial charge in [0.2, 0.25) is 11.8 Å². The van der Waals surface area contributed by atoms with Crippen LogP contribution in [-0.4, -0.2) is 17.6 Å². The van der Waals surface area contributed by atoms with E-state index in [2.05, 4.69) is 5.32 Å². The summed E-state index contributed by atoms with van der Waals surface area (Å²) >= 11 is 0. The molecular weight excluding hydrogens is 358 g/mol. The Labute approximate surface area is 162 Å². The van der Waals surface area contributed by atoms with Crippen LogP contribution in [-0.2, 0) is 11.3 Å². The lowest BCUT2D eigenvalue weighted by molar-refractivity contribution is -0.116. The molecule has 0 aliphatic heterocycles. The molecule has 7 nitrogen and oxygen atoms in total. The number of methoxy groups -OCH3 is 1. The number of carbonyl (C=O) groups is 1. The summed E-state index contributed by atoms with van der Waals surface area (Å²) < 4.78 is 12.4. The Hall–Kier alpha value is -3.53. The van der Waals surface area contributed by atoms with E-state index in [9.17, 15) is 14.9 Å². The lowest BCUT2D eigenvalue weighted by Crippen LogP contribution is -2.24. The molecule has 0 bridgehead atoms. The molecule has 0 saturated carbocycles. The number of anilines is 1. The van der Waals surface area contributed by atoms with Gasteiger partial charge in [-0.15, -0.1) is 0 Å². The van der Waals surface area contributed by atoms with E-state index in [1.807, 2.05) is 25.1 Å². The van der Waals surface area contributed by atoms with Gasteiger partial charge in [-0.05, 0) is 32.4 Å². The summed E-state index contributed by atoms with van der Waals surface area (Å²) in [5.74, 6) is 0.946. The molecule has 0 unspecified atom stereocenters. The van der Waals surface area contributed by atoms with Crippen LogP contribution in [0.4, 0.5) is 5.88 Å². The standard InChI is InChI=1S/C21H21N3O4/c1-12-10-19(26)24(20-15(12)6-5-7-17(20)27-4)9-8-18(25)23-21-16(11-22)13(2)14(3)28-21/h5-7,10H,8-9H2,1-4H3,(H,23,25). The van der Waals surface area contributed by atoms with Gasteiger partial charge in [-0.2, -0.15) is 5.26 Å². The van der Waals surface area contributed by atoms with Crippen LogP contribution >= 0.6 is 0 Å². The van der Waals surface area contributed by atoms with E-state index in [-0.39, 0.29) is 30.3 Å². The van der Waals surface area contributed by atoms with Crippen LogP contribution in [0, 0.1) is 32.1 Å². The Kier molecular flexibility index (Phi) is 5.23. The third-order valence-corrected chi connectivity index (χ3v) is 4.83. The smallest absolute Gasteiger partial charge is 0.251 e. The van der Waals surface area contributed by atoms with Gasteiger partial charge < -0.3 is 13.7 Å². The number of rotatable bonds is 5. The molecule has 28 heavy (non-hydrogen) atoms. The van der Waals surface area contributed by atoms with Crippen LogP contribution in [0.5, 0.6) is 5.75 Å². The Morgan fingerprint density at radius 2 is 2.07 bits per heavy atom. The van der Waals surface area contributed by atoms with Gasteiger partial charge in [0.15, 0.2) is 0 Å². The number of nitrogens with zero attached hydrogens (tertiary/aromatic N) is 2. The SMILES string of the molecule is COc1cccc2c(C)cc(=O)n(CCC(=O)Nc3oc(C)c(C)c3C#N)c12. The van der Waals surface area contributed by atoms with Crippen LogP contribution in [0.2, 0.25) is 0 Å². The number of fused-ring (bicyclic) bond motifs is 1. The molecule has 2 heterocycles. The highest BCUT2D eigenvalue weighted by Crippen LogP contribution is 2.27. The molecule has 2 aromatic heterocycles. The fourth-order valence-electron chi connectivity index (χ4n) is 3.21. The van der Waals surface area contributed by atoms with Gasteiger partial charge in [0.25, 0.3) is 5.56 Å². The first-order chi connectivity index (χ1) is 13.4. The van der Waals surface area contributed by atoms with E-state index in [0.717, 1.165) is 10.9 Å². The number of nitrogens with one attached hydrogen (secondary N) is 1. The molecule has 7 heteroatoms. The van der Waals surface area contributed by atoms with Gasteiger partial charge >= 0.3 is 0 Å². The first-order valence-corrected chi connectivity index (χ1v) is 8.84. The van der Waals surface area contributed by atoms with Crippen molar-refractivity contribution in [3.05, 3.63) is 57.1 Å². The lowest BCUT2D eigenvalue weighted by Gasteiger charge is -2.14. The van der Waals surface area contributed by atoms with Gasteiger partial charge in [0, 0.05) is 30.0 Å². The lowest BCUT2D eigenvalue weighted by atomic mass is 10.1. The zero-order valence-corrected chi connectivity index (χ0v) is 16.3. The highest BCUT2D eigenvalue weighted by Gasteiger charge is 2.17. The van der Waals surface area contributed by atoms with Gasteiger partial charge in [-0.3, -0.25) is 14.9 Å². The van der Waals surface area contributed by atoms with Crippen molar-refractivity contribution in [3.8, 4) is 11.8 Å². The third kappa shape index (κ3) is 3.37. The van der Waals surface area contributed by atoms with Crippen LogP contribution in [0.1, 0.15) is 28.9 Å². The number of pyridine rings is 1. The first kappa shape index (κ1) is 19.2. The number of amides is 1. The minimum absolute atomic E-state index is 0.0414. The van der Waals surface area contributed by atoms with Gasteiger partial charge in [-0.1, -0.05) is 12.1 Å². The van der Waals surface area contributed by atoms with Crippen molar-refractivity contribution >= 4 is 22.7 Å². The number of furan rings is 1. The van der Waals surface area contributed by atoms with Crippen LogP contribution < -0.4 is 15.6 Å². The predicted molar refractivity (Wildman–Crippen MR) is 106 cm³/mol. The van der Waals surface area contributed by atoms with Crippen molar-refractivity contribution in [3.63, 3.8) is 0 Å². The molecular formula is C21H21N3O4. The minimum atomic E-state index is -0.347. The quantitative estimate of drug-likeness (QED) is 0.732. The molecule has 0 radical (unpaired) electrons. The Morgan fingerprint density at radius 3 is 2.75 bits per heavy atom. The molecule has 144 valence electrons. The molecule has 0 spiro atoms. The molecule has 3 rings (SSSR count). The second-order valence-corrected chi connectivity index (χ2v) is 6.57. The monoisotopic (exact) mass is 379 g/mol. The van der Waals surface area contributed by atoms with Crippen molar-refractivity contribution in [2.75, 3.05) is 12.4 Å². The van der Waals surface area contributed by atoms with E-state index < -0.39 is 0 Å². The average molecular weight is 379 g/mol. The number of aryl methyl sites for hydroxylation is 3. The van der Waals surface area contributed by atoms with E-state index in [0.29, 0.717) is 28.2 Å². The maximum atomic E-state index is 12.6. The van der Waals surface area contributed by atoms with Crippen molar-refractivity contribution in [2.24, 2.45) is 0 Å². The van der Waals surface area contributed by atoms with Crippen molar-refractivity contribution in [1.82, 2.24) is 4.57 Å². The number of ether oxygens (including phenoxy) is 1. The fraction of sp³-hybridized carbons (Fsp3) is 0.286. The highest BCUT2D eigenvalue weighted by atomic mass is 16.5. The average Bonchev–Trinajstić information content (AvgIpc) is 2.93. The summed E-state index contributed by atoms with van der Waals surface area (Å²) in [4.78, 5) is 25.0. The highest BCUT2D eigenvalue weighted by molar-refractivity contribution is 5.91. The van der Waals surface area contributed by atoms with Crippen LogP contribution in [0.3, 0.4) is 0 Å². The van der Waals surface area contributed by atoms with Gasteiger partial charge in [0.1, 0.15) is 23.1 Å². The van der Waals surface area contributed by atoms with Crippen LogP contribution in [0.15, 0.2) is 33.5 Å². The summed E-state index contributed by atoms with van der Waals surface area (Å²) in [6.45, 7) is 5.53. The van der Waals surface area contributed by atoms with E-state index in [1.165, 1.54) is 4.57 Å². The molecule has 0 atom stereocenters. The number of carbonyl (C=O) groups excluding carboxylic acids is 1. The Balaban J connectivity index is 1.88. The number of aromatic nitrogens is 1. The third-order valence-electron chi connectivity index (χ3n) is 4.83. The number of para-hydroxylation sites is 1. The van der Waals surface area contributed by atoms with E-state index in [1.54, 1.807) is 33.1 Å². The molecule has 1 amide bonds. The largest absolute Gasteiger partial charge is 0.495 e. The minimum Gasteiger partial charge on any atom is -0.495 e. The number of hydrogen-bond donors (Lipinski definition) is 1. The Bertz CT molecular complexity index is 1170. The fourth-order valence-corrected chi connectivity index (χ4v) is 3.21. The number of nitriles is 1. The van der Waals surface area contributed by atoms with Crippen molar-refractivity contribution < 1.29 is 13.9 Å². The summed E-state index contributed by atoms with van der Waals surface area (Å²) in [6, 6.07) is 9.14. The molecule has 0 aliphatic rings. The van der Waals surface area contributed by atoms with Gasteiger partial charge in [0.05, 0.1) is 12.6 Å². The molecule has 0 aliphatic carbocycles. The van der Waals surface area contributed by atoms with E-state index >= 15 is 0 Å². The topological polar surface area (TPSA) is 97.3 Å². The summed E-state index contributed by atoms with van der Waals surface area (Å²) in [6.07, 6.45) is 0.0414. The zero-order valence-electron chi connectivity index (χ0n) is 16.3. The molecule has 1 N–H and O–H groups in total. The molecule has 3 aromatic rings. The molecule has 0 saturated heterocycles. The van der Waals surface area contributed by atoms with Crippen molar-refractivity contribution in [1.29, 1.82) is 5.26 Å². The summed E-state index contributed by atoms with van der Waals surface area (Å²) in [5.41, 5.74) is 2.31. The molecule has 0 fully saturated rings. The first-order valence-electron chi connectivity index (χ1n) is 8.84. The van der Waals surface area contributed by atoms with E-state index in [4.69, 9.17) is 9.15 Å². The van der Waals surface area contributed by atoms with Crippen molar-refractivity contribution in [2.45, 2.75) is 33.7 Å². The number of hydrogen-bond acceptors (Lipinski definition) is 5. The number of benzene rings is 1. The predicted octanol–water partition coefficient (Wildman–Crippen LogP) is 3.43. The normalized spacial score (nSPS) is 10.7.